The minimum atomic E-state index is -1.18. The molecule has 2 aromatic carbocycles. The normalized spacial score (nSPS) is 21.5. The zero-order valence-corrected chi connectivity index (χ0v) is 39.3. The van der Waals surface area contributed by atoms with Crippen molar-refractivity contribution in [1.82, 2.24) is 35.5 Å². The van der Waals surface area contributed by atoms with Gasteiger partial charge in [0.1, 0.15) is 23.9 Å². The number of cyclic esters (lactones) is 1. The highest BCUT2D eigenvalue weighted by molar-refractivity contribution is 5.96. The molecule has 2 saturated heterocycles. The lowest BCUT2D eigenvalue weighted by molar-refractivity contribution is -0.155. The molecule has 6 bridgehead atoms. The van der Waals surface area contributed by atoms with Crippen molar-refractivity contribution in [2.24, 2.45) is 17.3 Å². The van der Waals surface area contributed by atoms with Crippen LogP contribution in [0.25, 0.3) is 33.5 Å². The number of pyridine rings is 1. The van der Waals surface area contributed by atoms with Gasteiger partial charge in [0.2, 0.25) is 11.8 Å². The standard InChI is InChI=1S/C51H65N7O8/c1-9-43(60)40-26-34(28-52-40)48(62)56(7)45(30(3)4)47(61)54-41-24-31-22-33(25-35(59)23-31)38-17-18-42-44(53-38)37(46(57(42)10-2)36-15-12-11-14-32(36)19-21-65-8)27-51(5,6)29-66-50(64)39-16-13-20-58(55-39)49(41)63/h9,11-12,14-15,17-18,22-23,25,30,34,39-41,45,52,55,59H,1,10,13,16,19-21,24,26-29H2,2-8H3,(H,54,61)/t34-,39+,40?,41+,45+/m1/s1. The number of methoxy groups -OCH3 is 1. The molecule has 0 spiro atoms. The lowest BCUT2D eigenvalue weighted by Gasteiger charge is -2.37. The molecule has 5 heterocycles. The first-order valence-electron chi connectivity index (χ1n) is 23.2. The van der Waals surface area contributed by atoms with Crippen LogP contribution in [0.1, 0.15) is 70.6 Å². The molecule has 2 fully saturated rings. The Balaban J connectivity index is 1.30. The van der Waals surface area contributed by atoms with Gasteiger partial charge >= 0.3 is 5.97 Å². The number of hydrogen-bond acceptors (Lipinski definition) is 11. The first-order chi connectivity index (χ1) is 31.5. The van der Waals surface area contributed by atoms with E-state index < -0.39 is 53.3 Å². The summed E-state index contributed by atoms with van der Waals surface area (Å²) in [6.07, 6.45) is 3.66. The van der Waals surface area contributed by atoms with Crippen molar-refractivity contribution < 1.29 is 38.6 Å². The van der Waals surface area contributed by atoms with Gasteiger partial charge in [-0.05, 0) is 92.5 Å². The summed E-state index contributed by atoms with van der Waals surface area (Å²) < 4.78 is 13.9. The van der Waals surface area contributed by atoms with Crippen LogP contribution < -0.4 is 16.1 Å². The number of ether oxygens (including phenoxy) is 2. The molecule has 4 aromatic rings. The Labute approximate surface area is 387 Å². The van der Waals surface area contributed by atoms with Crippen LogP contribution in [0.2, 0.25) is 0 Å². The number of benzene rings is 2. The molecular formula is C51H65N7O8. The first-order valence-corrected chi connectivity index (χ1v) is 23.2. The van der Waals surface area contributed by atoms with Crippen LogP contribution in [-0.4, -0.2) is 119 Å². The number of hydrazine groups is 1. The molecule has 3 aliphatic heterocycles. The van der Waals surface area contributed by atoms with Gasteiger partial charge in [0.05, 0.1) is 47.6 Å². The van der Waals surface area contributed by atoms with Crippen LogP contribution in [0.3, 0.4) is 0 Å². The van der Waals surface area contributed by atoms with E-state index in [1.165, 1.54) is 16.0 Å². The monoisotopic (exact) mass is 903 g/mol. The summed E-state index contributed by atoms with van der Waals surface area (Å²) >= 11 is 0. The third kappa shape index (κ3) is 10.2. The van der Waals surface area contributed by atoms with Crippen molar-refractivity contribution in [3.05, 3.63) is 83.9 Å². The van der Waals surface area contributed by atoms with Crippen molar-refractivity contribution in [2.45, 2.75) is 104 Å². The summed E-state index contributed by atoms with van der Waals surface area (Å²) in [6, 6.07) is 13.9. The van der Waals surface area contributed by atoms with Crippen molar-refractivity contribution >= 4 is 40.5 Å². The second-order valence-electron chi connectivity index (χ2n) is 19.1. The number of phenols is 1. The van der Waals surface area contributed by atoms with E-state index >= 15 is 0 Å². The Bertz CT molecular complexity index is 2500. The van der Waals surface area contributed by atoms with Gasteiger partial charge in [0.25, 0.3) is 5.91 Å². The highest BCUT2D eigenvalue weighted by atomic mass is 16.5. The maximum atomic E-state index is 14.7. The fourth-order valence-electron chi connectivity index (χ4n) is 9.90. The highest BCUT2D eigenvalue weighted by Gasteiger charge is 2.41. The number of carbonyl (C=O) groups excluding carboxylic acids is 5. The summed E-state index contributed by atoms with van der Waals surface area (Å²) in [7, 11) is 3.27. The molecule has 66 heavy (non-hydrogen) atoms. The quantitative estimate of drug-likeness (QED) is 0.109. The summed E-state index contributed by atoms with van der Waals surface area (Å²) in [5.41, 5.74) is 10.3. The van der Waals surface area contributed by atoms with E-state index in [1.807, 2.05) is 38.1 Å². The molecular weight excluding hydrogens is 839 g/mol. The Morgan fingerprint density at radius 1 is 1.14 bits per heavy atom. The zero-order chi connectivity index (χ0) is 47.4. The number of likely N-dealkylation sites (N-methyl/N-ethyl adjacent to an activating group) is 1. The number of amides is 3. The average Bonchev–Trinajstić information content (AvgIpc) is 3.91. The lowest BCUT2D eigenvalue weighted by atomic mass is 9.84. The topological polar surface area (TPSA) is 184 Å². The number of fused-ring (bicyclic) bond motifs is 6. The van der Waals surface area contributed by atoms with E-state index in [0.717, 1.165) is 33.4 Å². The van der Waals surface area contributed by atoms with Gasteiger partial charge in [-0.15, -0.1) is 0 Å². The minimum absolute atomic E-state index is 0.0318. The van der Waals surface area contributed by atoms with Crippen molar-refractivity contribution in [1.29, 1.82) is 0 Å². The SMILES string of the molecule is C=CC(=O)C1C[C@@H](C(=O)N(C)[C@H](C(=O)N[C@H]2Cc3cc(O)cc(c3)-c3ccc4c(n3)c(c(-c3ccccc3CCOC)n4CC)CC(C)(C)COC(=O)[C@@H]3CCCN(N3)C2=O)C(C)C)CN1. The molecule has 352 valence electrons. The van der Waals surface area contributed by atoms with E-state index in [-0.39, 0.29) is 55.9 Å². The number of carbonyl (C=O) groups is 5. The Morgan fingerprint density at radius 2 is 1.91 bits per heavy atom. The number of phenolic OH excluding ortho intramolecular Hbond substituents is 1. The second-order valence-corrected chi connectivity index (χ2v) is 19.1. The van der Waals surface area contributed by atoms with Crippen molar-refractivity contribution in [3.63, 3.8) is 0 Å². The van der Waals surface area contributed by atoms with Gasteiger partial charge in [-0.2, -0.15) is 0 Å². The molecule has 2 aromatic heterocycles. The number of aromatic nitrogens is 2. The number of aromatic hydroxyl groups is 1. The number of ketones is 1. The number of esters is 1. The predicted molar refractivity (Wildman–Crippen MR) is 252 cm³/mol. The third-order valence-corrected chi connectivity index (χ3v) is 13.2. The molecule has 1 unspecified atom stereocenters. The number of nitrogens with one attached hydrogen (secondary N) is 3. The third-order valence-electron chi connectivity index (χ3n) is 13.2. The zero-order valence-electron chi connectivity index (χ0n) is 39.3. The van der Waals surface area contributed by atoms with Crippen molar-refractivity contribution in [3.8, 4) is 28.3 Å². The maximum absolute atomic E-state index is 14.7. The molecule has 15 nitrogen and oxygen atoms in total. The van der Waals surface area contributed by atoms with Gasteiger partial charge in [0, 0.05) is 62.3 Å². The van der Waals surface area contributed by atoms with E-state index in [4.69, 9.17) is 14.5 Å². The summed E-state index contributed by atoms with van der Waals surface area (Å²) in [4.78, 5) is 76.1. The first kappa shape index (κ1) is 48.0. The molecule has 3 amide bonds. The molecule has 5 atom stereocenters. The molecule has 4 N–H and O–H groups in total. The molecule has 3 aliphatic rings. The summed E-state index contributed by atoms with van der Waals surface area (Å²) in [5, 5.41) is 18.8. The van der Waals surface area contributed by atoms with Crippen LogP contribution in [0.15, 0.2) is 67.3 Å². The number of hydrogen-bond donors (Lipinski definition) is 4. The van der Waals surface area contributed by atoms with Gasteiger partial charge in [-0.1, -0.05) is 58.5 Å². The van der Waals surface area contributed by atoms with Crippen molar-refractivity contribution in [2.75, 3.05) is 40.5 Å². The Kier molecular flexibility index (Phi) is 14.8. The number of aryl methyl sites for hydroxylation is 1. The molecule has 0 radical (unpaired) electrons. The Hall–Kier alpha value is -5.90. The molecule has 15 heteroatoms. The van der Waals surface area contributed by atoms with E-state index in [2.05, 4.69) is 66.2 Å². The van der Waals surface area contributed by atoms with Crippen LogP contribution in [0.4, 0.5) is 0 Å². The van der Waals surface area contributed by atoms with Crippen LogP contribution in [0.5, 0.6) is 5.75 Å². The minimum Gasteiger partial charge on any atom is -0.508 e. The Morgan fingerprint density at radius 3 is 2.64 bits per heavy atom. The van der Waals surface area contributed by atoms with Gasteiger partial charge in [0.15, 0.2) is 5.78 Å². The van der Waals surface area contributed by atoms with Crippen LogP contribution in [0, 0.1) is 17.3 Å². The highest BCUT2D eigenvalue weighted by Crippen LogP contribution is 2.40. The van der Waals surface area contributed by atoms with E-state index in [0.29, 0.717) is 55.7 Å². The fourth-order valence-corrected chi connectivity index (χ4v) is 9.90. The predicted octanol–water partition coefficient (Wildman–Crippen LogP) is 5.15. The molecule has 0 aliphatic carbocycles. The van der Waals surface area contributed by atoms with Gasteiger partial charge < -0.3 is 34.7 Å². The van der Waals surface area contributed by atoms with E-state index in [1.54, 1.807) is 26.3 Å². The average molecular weight is 904 g/mol. The van der Waals surface area contributed by atoms with Gasteiger partial charge in [-0.3, -0.25) is 29.0 Å². The molecule has 7 rings (SSSR count). The lowest BCUT2D eigenvalue weighted by Crippen LogP contribution is -2.62. The molecule has 0 saturated carbocycles. The summed E-state index contributed by atoms with van der Waals surface area (Å²) in [6.45, 7) is 15.3. The fraction of sp³-hybridized carbons (Fsp3) is 0.490. The van der Waals surface area contributed by atoms with E-state index in [9.17, 15) is 29.1 Å². The summed E-state index contributed by atoms with van der Waals surface area (Å²) in [5.74, 6) is -2.94. The van der Waals surface area contributed by atoms with Gasteiger partial charge in [-0.25, -0.2) is 10.4 Å². The second kappa shape index (κ2) is 20.3. The largest absolute Gasteiger partial charge is 0.508 e. The number of nitrogens with zero attached hydrogens (tertiary/aromatic N) is 4. The smallest absolute Gasteiger partial charge is 0.324 e. The van der Waals surface area contributed by atoms with Crippen LogP contribution >= 0.6 is 0 Å². The van der Waals surface area contributed by atoms with Crippen LogP contribution in [-0.2, 0) is 59.3 Å². The number of rotatable bonds is 12. The maximum Gasteiger partial charge on any atom is 0.324 e.